The molecule has 0 bridgehead atoms. The second kappa shape index (κ2) is 8.46. The van der Waals surface area contributed by atoms with E-state index in [9.17, 15) is 28.7 Å². The van der Waals surface area contributed by atoms with E-state index in [1.165, 1.54) is 47.1 Å². The first kappa shape index (κ1) is 22.7. The number of hydrazone groups is 1. The molecule has 0 saturated carbocycles. The van der Waals surface area contributed by atoms with Gasteiger partial charge >= 0.3 is 5.97 Å². The van der Waals surface area contributed by atoms with E-state index >= 15 is 0 Å². The minimum atomic E-state index is -1.09. The maximum Gasteiger partial charge on any atom is 0.327 e. The van der Waals surface area contributed by atoms with Gasteiger partial charge in [-0.1, -0.05) is 12.1 Å². The van der Waals surface area contributed by atoms with Crippen molar-refractivity contribution in [3.8, 4) is 0 Å². The van der Waals surface area contributed by atoms with Crippen LogP contribution >= 0.6 is 11.8 Å². The summed E-state index contributed by atoms with van der Waals surface area (Å²) < 4.78 is 12.2. The van der Waals surface area contributed by atoms with Crippen molar-refractivity contribution in [1.29, 1.82) is 0 Å². The predicted molar refractivity (Wildman–Crippen MR) is 117 cm³/mol. The standard InChI is InChI=1S/C20H21FN6O5S/c1-20(2)14(18(31)32)27-16(30)13(17(27)33-20)24-12(28)7-11-15(29)25-19(23-11)26-22-8-9-3-5-10(21)6-4-9/h3-6,8,11,13-14,17H,7H2,1-2H3,(H,24,28)(H,31,32)(H2,23,25,26,29)/b22-8+. The second-order valence-electron chi connectivity index (χ2n) is 8.25. The highest BCUT2D eigenvalue weighted by atomic mass is 32.2. The van der Waals surface area contributed by atoms with Crippen LogP contribution in [0.4, 0.5) is 4.39 Å². The van der Waals surface area contributed by atoms with Crippen molar-refractivity contribution in [2.45, 2.75) is 48.5 Å². The zero-order chi connectivity index (χ0) is 23.9. The van der Waals surface area contributed by atoms with Crippen LogP contribution in [0.2, 0.25) is 0 Å². The van der Waals surface area contributed by atoms with E-state index in [0.29, 0.717) is 5.56 Å². The molecule has 0 aliphatic carbocycles. The topological polar surface area (TPSA) is 153 Å². The molecule has 1 aromatic rings. The van der Waals surface area contributed by atoms with Crippen molar-refractivity contribution in [2.24, 2.45) is 10.1 Å². The average molecular weight is 476 g/mol. The van der Waals surface area contributed by atoms with Crippen LogP contribution in [0, 0.1) is 5.82 Å². The molecule has 33 heavy (non-hydrogen) atoms. The maximum absolute atomic E-state index is 12.9. The van der Waals surface area contributed by atoms with Crippen molar-refractivity contribution in [3.63, 3.8) is 0 Å². The van der Waals surface area contributed by atoms with E-state index in [-0.39, 0.29) is 18.2 Å². The fourth-order valence-corrected chi connectivity index (χ4v) is 5.54. The number of carbonyl (C=O) groups excluding carboxylic acids is 3. The number of nitrogens with zero attached hydrogens (tertiary/aromatic N) is 3. The molecule has 3 aliphatic rings. The molecule has 1 aromatic carbocycles. The number of halogens is 1. The highest BCUT2D eigenvalue weighted by Crippen LogP contribution is 2.50. The van der Waals surface area contributed by atoms with Crippen molar-refractivity contribution in [3.05, 3.63) is 35.6 Å². The summed E-state index contributed by atoms with van der Waals surface area (Å²) >= 11 is 1.32. The first-order chi connectivity index (χ1) is 15.6. The van der Waals surface area contributed by atoms with Crippen LogP contribution in [-0.4, -0.2) is 74.1 Å². The molecule has 0 spiro atoms. The summed E-state index contributed by atoms with van der Waals surface area (Å²) in [5.41, 5.74) is 3.17. The van der Waals surface area contributed by atoms with Gasteiger partial charge in [0.15, 0.2) is 0 Å². The maximum atomic E-state index is 12.9. The Hall–Kier alpha value is -3.48. The zero-order valence-corrected chi connectivity index (χ0v) is 18.4. The van der Waals surface area contributed by atoms with Gasteiger partial charge in [0.1, 0.15) is 29.3 Å². The molecule has 2 fully saturated rings. The van der Waals surface area contributed by atoms with Gasteiger partial charge in [0.2, 0.25) is 17.8 Å². The molecule has 0 aromatic heterocycles. The summed E-state index contributed by atoms with van der Waals surface area (Å²) in [5.74, 6) is -2.93. The average Bonchev–Trinajstić information content (AvgIpc) is 3.21. The van der Waals surface area contributed by atoms with Crippen molar-refractivity contribution in [1.82, 2.24) is 21.0 Å². The Morgan fingerprint density at radius 1 is 1.33 bits per heavy atom. The van der Waals surface area contributed by atoms with Gasteiger partial charge in [-0.25, -0.2) is 19.6 Å². The van der Waals surface area contributed by atoms with Gasteiger partial charge < -0.3 is 15.3 Å². The van der Waals surface area contributed by atoms with Crippen LogP contribution < -0.4 is 16.1 Å². The van der Waals surface area contributed by atoms with Crippen LogP contribution in [0.3, 0.4) is 0 Å². The highest BCUT2D eigenvalue weighted by Gasteiger charge is 2.64. The third kappa shape index (κ3) is 4.40. The Kier molecular flexibility index (Phi) is 5.82. The number of β-lactam (4-membered cyclic amide) rings is 1. The van der Waals surface area contributed by atoms with Crippen LogP contribution in [0.5, 0.6) is 0 Å². The lowest BCUT2D eigenvalue weighted by Crippen LogP contribution is -2.70. The van der Waals surface area contributed by atoms with E-state index < -0.39 is 51.9 Å². The van der Waals surface area contributed by atoms with Crippen molar-refractivity contribution in [2.75, 3.05) is 0 Å². The van der Waals surface area contributed by atoms with Gasteiger partial charge in [-0.3, -0.25) is 19.7 Å². The Labute approximate surface area is 191 Å². The summed E-state index contributed by atoms with van der Waals surface area (Å²) in [6.07, 6.45) is 1.12. The summed E-state index contributed by atoms with van der Waals surface area (Å²) in [4.78, 5) is 54.0. The molecule has 3 heterocycles. The highest BCUT2D eigenvalue weighted by molar-refractivity contribution is 8.01. The van der Waals surface area contributed by atoms with Crippen molar-refractivity contribution >= 4 is 47.6 Å². The van der Waals surface area contributed by atoms with Gasteiger partial charge in [0, 0.05) is 4.75 Å². The Morgan fingerprint density at radius 2 is 2.03 bits per heavy atom. The molecule has 11 nitrogen and oxygen atoms in total. The number of aliphatic imine (C=N–C) groups is 1. The molecule has 13 heteroatoms. The number of hydrogen-bond donors (Lipinski definition) is 4. The quantitative estimate of drug-likeness (QED) is 0.248. The molecule has 3 aliphatic heterocycles. The van der Waals surface area contributed by atoms with Crippen LogP contribution in [-0.2, 0) is 19.2 Å². The second-order valence-corrected chi connectivity index (χ2v) is 10.0. The lowest BCUT2D eigenvalue weighted by Gasteiger charge is -2.43. The zero-order valence-electron chi connectivity index (χ0n) is 17.6. The minimum absolute atomic E-state index is 0.0551. The summed E-state index contributed by atoms with van der Waals surface area (Å²) in [6, 6.07) is 2.79. The monoisotopic (exact) mass is 476 g/mol. The number of amides is 3. The number of benzene rings is 1. The fourth-order valence-electron chi connectivity index (χ4n) is 3.91. The van der Waals surface area contributed by atoms with Gasteiger partial charge in [0.25, 0.3) is 5.91 Å². The van der Waals surface area contributed by atoms with Gasteiger partial charge in [-0.15, -0.1) is 11.8 Å². The van der Waals surface area contributed by atoms with Gasteiger partial charge in [0.05, 0.1) is 12.6 Å². The SMILES string of the molecule is CC1(C)SC2C(NC(=O)CC3N=C(N/N=C/c4ccc(F)cc4)NC3=O)C(=O)N2C1C(=O)O. The lowest BCUT2D eigenvalue weighted by molar-refractivity contribution is -0.161. The molecular weight excluding hydrogens is 455 g/mol. The number of carbonyl (C=O) groups is 4. The van der Waals surface area contributed by atoms with Gasteiger partial charge in [-0.2, -0.15) is 5.10 Å². The number of rotatable bonds is 6. The summed E-state index contributed by atoms with van der Waals surface area (Å²) in [6.45, 7) is 3.48. The third-order valence-corrected chi connectivity index (χ3v) is 7.02. The molecule has 4 N–H and O–H groups in total. The molecule has 4 unspecified atom stereocenters. The molecule has 4 atom stereocenters. The van der Waals surface area contributed by atoms with E-state index in [4.69, 9.17) is 0 Å². The number of guanidine groups is 1. The first-order valence-corrected chi connectivity index (χ1v) is 10.9. The third-order valence-electron chi connectivity index (χ3n) is 5.45. The van der Waals surface area contributed by atoms with Crippen LogP contribution in [0.1, 0.15) is 25.8 Å². The lowest BCUT2D eigenvalue weighted by atomic mass is 9.96. The summed E-state index contributed by atoms with van der Waals surface area (Å²) in [7, 11) is 0. The number of thioether (sulfide) groups is 1. The largest absolute Gasteiger partial charge is 0.480 e. The number of aliphatic carboxylic acids is 1. The number of fused-ring (bicyclic) bond motifs is 1. The molecule has 3 amide bonds. The number of hydrogen-bond acceptors (Lipinski definition) is 8. The van der Waals surface area contributed by atoms with Crippen LogP contribution in [0.25, 0.3) is 0 Å². The molecule has 0 radical (unpaired) electrons. The predicted octanol–water partition coefficient (Wildman–Crippen LogP) is -0.375. The smallest absolute Gasteiger partial charge is 0.327 e. The van der Waals surface area contributed by atoms with Crippen LogP contribution in [0.15, 0.2) is 34.4 Å². The molecular formula is C20H21FN6O5S. The van der Waals surface area contributed by atoms with Gasteiger partial charge in [-0.05, 0) is 31.5 Å². The first-order valence-electron chi connectivity index (χ1n) is 10.0. The Bertz CT molecular complexity index is 1080. The van der Waals surface area contributed by atoms with E-state index in [2.05, 4.69) is 26.2 Å². The number of nitrogens with one attached hydrogen (secondary N) is 3. The van der Waals surface area contributed by atoms with E-state index in [1.54, 1.807) is 13.8 Å². The van der Waals surface area contributed by atoms with E-state index in [1.807, 2.05) is 0 Å². The molecule has 174 valence electrons. The minimum Gasteiger partial charge on any atom is -0.480 e. The fraction of sp³-hybridized carbons (Fsp3) is 0.400. The Morgan fingerprint density at radius 3 is 2.70 bits per heavy atom. The molecule has 2 saturated heterocycles. The Balaban J connectivity index is 1.31. The van der Waals surface area contributed by atoms with Crippen molar-refractivity contribution < 1.29 is 28.7 Å². The number of carboxylic acids is 1. The van der Waals surface area contributed by atoms with E-state index in [0.717, 1.165) is 0 Å². The molecule has 4 rings (SSSR count). The number of carboxylic acid groups (broad SMARTS) is 1. The summed E-state index contributed by atoms with van der Waals surface area (Å²) in [5, 5.41) is 17.9. The normalized spacial score (nSPS) is 27.6.